The smallest absolute Gasteiger partial charge is 0.411 e. The number of carbonyl (C=O) groups is 2. The van der Waals surface area contributed by atoms with E-state index in [1.807, 2.05) is 42.5 Å². The lowest BCUT2D eigenvalue weighted by Gasteiger charge is -2.20. The maximum atomic E-state index is 12.5. The van der Waals surface area contributed by atoms with Crippen molar-refractivity contribution in [1.29, 1.82) is 0 Å². The molecule has 1 amide bonds. The van der Waals surface area contributed by atoms with Crippen molar-refractivity contribution in [3.8, 4) is 0 Å². The molecule has 3 aliphatic rings. The lowest BCUT2D eigenvalue weighted by atomic mass is 9.84. The van der Waals surface area contributed by atoms with E-state index < -0.39 is 6.09 Å². The van der Waals surface area contributed by atoms with Crippen molar-refractivity contribution in [3.63, 3.8) is 0 Å². The third-order valence-corrected chi connectivity index (χ3v) is 6.85. The van der Waals surface area contributed by atoms with Gasteiger partial charge < -0.3 is 14.2 Å². The SMILES string of the molecule is C=C1C(=O)O[C@@H]2[C@H]3O[C@]3(C)CCC=C(COC(=O)Nc3cccc4ccccc34)CC[C@@H]12. The summed E-state index contributed by atoms with van der Waals surface area (Å²) in [7, 11) is 0. The molecule has 0 unspecified atom stereocenters. The van der Waals surface area contributed by atoms with Gasteiger partial charge in [0.2, 0.25) is 0 Å². The molecular weight excluding hydrogens is 406 g/mol. The number of fused-ring (bicyclic) bond motifs is 4. The van der Waals surface area contributed by atoms with E-state index in [2.05, 4.69) is 24.9 Å². The minimum absolute atomic E-state index is 0.0617. The first-order valence-electron chi connectivity index (χ1n) is 11.1. The van der Waals surface area contributed by atoms with Gasteiger partial charge in [-0.1, -0.05) is 49.1 Å². The van der Waals surface area contributed by atoms with Gasteiger partial charge in [-0.15, -0.1) is 0 Å². The predicted molar refractivity (Wildman–Crippen MR) is 121 cm³/mol. The van der Waals surface area contributed by atoms with Crippen molar-refractivity contribution >= 4 is 28.5 Å². The quantitative estimate of drug-likeness (QED) is 0.314. The Morgan fingerprint density at radius 2 is 2.06 bits per heavy atom. The summed E-state index contributed by atoms with van der Waals surface area (Å²) in [6.07, 6.45) is 4.39. The largest absolute Gasteiger partial charge is 0.455 e. The molecule has 2 aromatic carbocycles. The van der Waals surface area contributed by atoms with Crippen LogP contribution in [-0.2, 0) is 19.0 Å². The lowest BCUT2D eigenvalue weighted by Crippen LogP contribution is -2.29. The van der Waals surface area contributed by atoms with E-state index >= 15 is 0 Å². The van der Waals surface area contributed by atoms with Gasteiger partial charge in [-0.05, 0) is 49.6 Å². The summed E-state index contributed by atoms with van der Waals surface area (Å²) in [5, 5.41) is 4.88. The van der Waals surface area contributed by atoms with Crippen LogP contribution < -0.4 is 5.32 Å². The van der Waals surface area contributed by atoms with Gasteiger partial charge in [-0.2, -0.15) is 0 Å². The predicted octanol–water partition coefficient (Wildman–Crippen LogP) is 5.14. The van der Waals surface area contributed by atoms with E-state index in [9.17, 15) is 9.59 Å². The standard InChI is InChI=1S/C26H27NO5/c1-16-19-13-12-17(7-6-14-26(2)23(32-26)22(19)31-24(16)28)15-30-25(29)27-21-11-5-9-18-8-3-4-10-20(18)21/h3-5,7-11,19,22-23H,1,6,12-15H2,2H3,(H,27,29)/t19-,22-,23+,26+/m0/s1. The van der Waals surface area contributed by atoms with E-state index in [-0.39, 0.29) is 36.3 Å². The first-order chi connectivity index (χ1) is 15.4. The monoisotopic (exact) mass is 433 g/mol. The van der Waals surface area contributed by atoms with Crippen molar-refractivity contribution < 1.29 is 23.8 Å². The zero-order valence-electron chi connectivity index (χ0n) is 18.1. The maximum absolute atomic E-state index is 12.5. The first-order valence-corrected chi connectivity index (χ1v) is 11.1. The number of nitrogens with one attached hydrogen (secondary N) is 1. The third kappa shape index (κ3) is 3.91. The Hall–Kier alpha value is -3.12. The molecule has 2 saturated heterocycles. The fourth-order valence-electron chi connectivity index (χ4n) is 4.89. The number of rotatable bonds is 3. The summed E-state index contributed by atoms with van der Waals surface area (Å²) < 4.78 is 17.1. The van der Waals surface area contributed by atoms with Crippen LogP contribution in [0.4, 0.5) is 10.5 Å². The molecule has 32 heavy (non-hydrogen) atoms. The van der Waals surface area contributed by atoms with Gasteiger partial charge in [-0.25, -0.2) is 9.59 Å². The number of epoxide rings is 1. The van der Waals surface area contributed by atoms with Crippen LogP contribution in [0.1, 0.15) is 32.6 Å². The Labute approximate surface area is 187 Å². The van der Waals surface area contributed by atoms with Crippen LogP contribution in [-0.4, -0.2) is 36.5 Å². The molecule has 0 spiro atoms. The number of hydrogen-bond donors (Lipinski definition) is 1. The summed E-state index contributed by atoms with van der Waals surface area (Å²) >= 11 is 0. The minimum Gasteiger partial charge on any atom is -0.455 e. The molecule has 0 saturated carbocycles. The first kappa shape index (κ1) is 20.8. The number of amides is 1. The van der Waals surface area contributed by atoms with Crippen molar-refractivity contribution in [2.45, 2.75) is 50.4 Å². The number of esters is 1. The molecule has 2 aromatic rings. The highest BCUT2D eigenvalue weighted by Crippen LogP contribution is 2.49. The van der Waals surface area contributed by atoms with E-state index in [0.717, 1.165) is 34.9 Å². The lowest BCUT2D eigenvalue weighted by molar-refractivity contribution is -0.140. The van der Waals surface area contributed by atoms with Gasteiger partial charge in [0.05, 0.1) is 11.3 Å². The average Bonchev–Trinajstić information content (AvgIpc) is 3.38. The maximum Gasteiger partial charge on any atom is 0.411 e. The van der Waals surface area contributed by atoms with Gasteiger partial charge in [0.25, 0.3) is 0 Å². The number of benzene rings is 2. The van der Waals surface area contributed by atoms with Crippen LogP contribution in [0.3, 0.4) is 0 Å². The third-order valence-electron chi connectivity index (χ3n) is 6.85. The zero-order valence-corrected chi connectivity index (χ0v) is 18.1. The van der Waals surface area contributed by atoms with Crippen LogP contribution in [0, 0.1) is 5.92 Å². The highest BCUT2D eigenvalue weighted by molar-refractivity contribution is 6.00. The fourth-order valence-corrected chi connectivity index (χ4v) is 4.89. The van der Waals surface area contributed by atoms with E-state index in [1.54, 1.807) is 0 Å². The van der Waals surface area contributed by atoms with Crippen molar-refractivity contribution in [2.75, 3.05) is 11.9 Å². The van der Waals surface area contributed by atoms with Crippen LogP contribution in [0.25, 0.3) is 10.8 Å². The fraction of sp³-hybridized carbons (Fsp3) is 0.385. The molecule has 0 bridgehead atoms. The second-order valence-electron chi connectivity index (χ2n) is 9.02. The highest BCUT2D eigenvalue weighted by atomic mass is 16.6. The molecule has 166 valence electrons. The van der Waals surface area contributed by atoms with Crippen molar-refractivity contribution in [3.05, 3.63) is 66.3 Å². The van der Waals surface area contributed by atoms with E-state index in [0.29, 0.717) is 18.4 Å². The number of ether oxygens (including phenoxy) is 3. The highest BCUT2D eigenvalue weighted by Gasteiger charge is 2.61. The Kier molecular flexibility index (Phi) is 5.25. The van der Waals surface area contributed by atoms with Crippen molar-refractivity contribution in [1.82, 2.24) is 0 Å². The second-order valence-corrected chi connectivity index (χ2v) is 9.02. The van der Waals surface area contributed by atoms with Crippen LogP contribution >= 0.6 is 0 Å². The molecule has 4 atom stereocenters. The van der Waals surface area contributed by atoms with Crippen molar-refractivity contribution in [2.24, 2.45) is 5.92 Å². The van der Waals surface area contributed by atoms with Crippen LogP contribution in [0.15, 0.2) is 66.3 Å². The Morgan fingerprint density at radius 1 is 1.25 bits per heavy atom. The summed E-state index contributed by atoms with van der Waals surface area (Å²) in [6.45, 7) is 6.21. The Balaban J connectivity index is 1.24. The molecule has 6 nitrogen and oxygen atoms in total. The molecule has 2 heterocycles. The zero-order chi connectivity index (χ0) is 22.3. The average molecular weight is 434 g/mol. The molecule has 0 radical (unpaired) electrons. The second kappa shape index (κ2) is 8.10. The molecular formula is C26H27NO5. The summed E-state index contributed by atoms with van der Waals surface area (Å²) in [6, 6.07) is 13.7. The molecule has 1 N–H and O–H groups in total. The topological polar surface area (TPSA) is 77.2 Å². The van der Waals surface area contributed by atoms with E-state index in [4.69, 9.17) is 14.2 Å². The molecule has 2 aliphatic heterocycles. The van der Waals surface area contributed by atoms with Gasteiger partial charge in [0.15, 0.2) is 0 Å². The number of carbonyl (C=O) groups excluding carboxylic acids is 2. The van der Waals surface area contributed by atoms with Gasteiger partial charge in [0.1, 0.15) is 18.8 Å². The summed E-state index contributed by atoms with van der Waals surface area (Å²) in [4.78, 5) is 24.6. The summed E-state index contributed by atoms with van der Waals surface area (Å²) in [5.41, 5.74) is 1.99. The number of anilines is 1. The molecule has 1 aliphatic carbocycles. The molecule has 2 fully saturated rings. The van der Waals surface area contributed by atoms with Gasteiger partial charge in [-0.3, -0.25) is 5.32 Å². The van der Waals surface area contributed by atoms with Gasteiger partial charge >= 0.3 is 12.1 Å². The minimum atomic E-state index is -0.487. The summed E-state index contributed by atoms with van der Waals surface area (Å²) in [5.74, 6) is -0.395. The molecule has 0 aromatic heterocycles. The van der Waals surface area contributed by atoms with E-state index in [1.165, 1.54) is 0 Å². The normalized spacial score (nSPS) is 29.4. The number of hydrogen-bond acceptors (Lipinski definition) is 5. The molecule has 6 heteroatoms. The van der Waals surface area contributed by atoms with Crippen LogP contribution in [0.2, 0.25) is 0 Å². The van der Waals surface area contributed by atoms with Crippen LogP contribution in [0.5, 0.6) is 0 Å². The Bertz CT molecular complexity index is 1120. The Morgan fingerprint density at radius 3 is 2.94 bits per heavy atom. The number of allylic oxidation sites excluding steroid dienone is 1. The molecule has 5 rings (SSSR count). The van der Waals surface area contributed by atoms with Gasteiger partial charge in [0, 0.05) is 16.9 Å².